The lowest BCUT2D eigenvalue weighted by Crippen LogP contribution is -2.46. The Labute approximate surface area is 271 Å². The summed E-state index contributed by atoms with van der Waals surface area (Å²) in [4.78, 5) is 36.9. The number of aromatic nitrogens is 3. The SMILES string of the molecule is COc1ccc(N2C(=O)N(c3c(C)cccc3C)Cc3cnc(Cc4ccc(CN5CCN(C)CC5)cc4OC(C)C)nc32)nc1. The second-order valence-corrected chi connectivity index (χ2v) is 12.5. The minimum atomic E-state index is -0.218. The van der Waals surface area contributed by atoms with Crippen LogP contribution in [0.3, 0.4) is 0 Å². The molecule has 0 atom stereocenters. The monoisotopic (exact) mass is 621 g/mol. The third-order valence-corrected chi connectivity index (χ3v) is 8.59. The molecule has 10 nitrogen and oxygen atoms in total. The van der Waals surface area contributed by atoms with Crippen LogP contribution in [0.4, 0.5) is 22.1 Å². The van der Waals surface area contributed by atoms with Crippen LogP contribution in [-0.2, 0) is 19.5 Å². The molecular weight excluding hydrogens is 578 g/mol. The van der Waals surface area contributed by atoms with E-state index in [-0.39, 0.29) is 12.1 Å². The molecule has 2 aliphatic heterocycles. The number of methoxy groups -OCH3 is 1. The number of fused-ring (bicyclic) bond motifs is 1. The predicted octanol–water partition coefficient (Wildman–Crippen LogP) is 5.90. The van der Waals surface area contributed by atoms with Crippen molar-refractivity contribution in [1.82, 2.24) is 24.8 Å². The molecule has 0 saturated carbocycles. The molecule has 0 unspecified atom stereocenters. The van der Waals surface area contributed by atoms with Crippen LogP contribution in [-0.4, -0.2) is 77.2 Å². The number of rotatable bonds is 9. The van der Waals surface area contributed by atoms with Crippen molar-refractivity contribution < 1.29 is 14.3 Å². The van der Waals surface area contributed by atoms with Gasteiger partial charge in [0.15, 0.2) is 5.82 Å². The highest BCUT2D eigenvalue weighted by Gasteiger charge is 2.36. The lowest BCUT2D eigenvalue weighted by Gasteiger charge is -2.36. The zero-order valence-electron chi connectivity index (χ0n) is 27.7. The van der Waals surface area contributed by atoms with Crippen LogP contribution in [0.2, 0.25) is 0 Å². The summed E-state index contributed by atoms with van der Waals surface area (Å²) in [6.45, 7) is 13.6. The number of likely N-dealkylation sites (N-methyl/N-ethyl adjacent to an activating group) is 1. The molecule has 10 heteroatoms. The Morgan fingerprint density at radius 3 is 2.37 bits per heavy atom. The number of aryl methyl sites for hydroxylation is 2. The van der Waals surface area contributed by atoms with Crippen molar-refractivity contribution in [1.29, 1.82) is 0 Å². The summed E-state index contributed by atoms with van der Waals surface area (Å²) in [5.41, 5.74) is 5.99. The first kappa shape index (κ1) is 31.4. The van der Waals surface area contributed by atoms with Crippen molar-refractivity contribution in [2.24, 2.45) is 0 Å². The number of carbonyl (C=O) groups excluding carboxylic acids is 1. The maximum Gasteiger partial charge on any atom is 0.336 e. The lowest BCUT2D eigenvalue weighted by molar-refractivity contribution is 0.148. The van der Waals surface area contributed by atoms with Crippen LogP contribution in [0.25, 0.3) is 0 Å². The van der Waals surface area contributed by atoms with Gasteiger partial charge < -0.3 is 14.4 Å². The topological polar surface area (TPSA) is 87.2 Å². The number of ether oxygens (including phenoxy) is 2. The summed E-state index contributed by atoms with van der Waals surface area (Å²) in [6.07, 6.45) is 3.93. The number of hydrogen-bond donors (Lipinski definition) is 0. The number of piperazine rings is 1. The molecule has 46 heavy (non-hydrogen) atoms. The van der Waals surface area contributed by atoms with Crippen molar-refractivity contribution in [3.63, 3.8) is 0 Å². The number of benzene rings is 2. The minimum Gasteiger partial charge on any atom is -0.495 e. The van der Waals surface area contributed by atoms with Crippen molar-refractivity contribution in [3.8, 4) is 11.5 Å². The average Bonchev–Trinajstić information content (AvgIpc) is 3.03. The Hall–Kier alpha value is -4.54. The third-order valence-electron chi connectivity index (χ3n) is 8.59. The van der Waals surface area contributed by atoms with E-state index in [1.165, 1.54) is 5.56 Å². The predicted molar refractivity (Wildman–Crippen MR) is 180 cm³/mol. The molecule has 6 rings (SSSR count). The van der Waals surface area contributed by atoms with Crippen LogP contribution in [0.5, 0.6) is 11.5 Å². The Morgan fingerprint density at radius 2 is 1.70 bits per heavy atom. The van der Waals surface area contributed by atoms with E-state index in [0.717, 1.165) is 66.4 Å². The number of para-hydroxylation sites is 1. The van der Waals surface area contributed by atoms with Gasteiger partial charge in [-0.05, 0) is 69.6 Å². The maximum absolute atomic E-state index is 14.3. The van der Waals surface area contributed by atoms with Gasteiger partial charge >= 0.3 is 6.03 Å². The summed E-state index contributed by atoms with van der Waals surface area (Å²) in [7, 11) is 3.77. The molecule has 0 spiro atoms. The van der Waals surface area contributed by atoms with Crippen molar-refractivity contribution in [2.45, 2.75) is 53.3 Å². The van der Waals surface area contributed by atoms with E-state index in [4.69, 9.17) is 19.4 Å². The first-order valence-electron chi connectivity index (χ1n) is 15.9. The number of urea groups is 1. The summed E-state index contributed by atoms with van der Waals surface area (Å²) in [6, 6.07) is 15.9. The fourth-order valence-electron chi connectivity index (χ4n) is 6.15. The molecule has 2 aromatic heterocycles. The zero-order valence-corrected chi connectivity index (χ0v) is 27.7. The van der Waals surface area contributed by atoms with Gasteiger partial charge in [0.2, 0.25) is 0 Å². The van der Waals surface area contributed by atoms with Gasteiger partial charge in [0.1, 0.15) is 23.1 Å². The van der Waals surface area contributed by atoms with Gasteiger partial charge in [-0.25, -0.2) is 24.6 Å². The zero-order chi connectivity index (χ0) is 32.4. The van der Waals surface area contributed by atoms with E-state index < -0.39 is 0 Å². The smallest absolute Gasteiger partial charge is 0.336 e. The maximum atomic E-state index is 14.3. The molecular formula is C36H43N7O3. The standard InChI is InChI=1S/C36H43N7O3/c1-24(2)46-31-18-27(22-41-16-14-40(5)15-17-41)10-11-28(31)19-32-37-20-29-23-42(34-25(3)8-7-9-26(34)4)36(44)43(35(29)39-32)33-13-12-30(45-6)21-38-33/h7-13,18,20-21,24H,14-17,19,22-23H2,1-6H3. The quantitative estimate of drug-likeness (QED) is 0.228. The summed E-state index contributed by atoms with van der Waals surface area (Å²) in [5, 5.41) is 0. The second-order valence-electron chi connectivity index (χ2n) is 12.5. The van der Waals surface area contributed by atoms with E-state index >= 15 is 0 Å². The van der Waals surface area contributed by atoms with Crippen molar-refractivity contribution >= 4 is 23.4 Å². The van der Waals surface area contributed by atoms with E-state index in [1.54, 1.807) is 35.2 Å². The molecule has 0 N–H and O–H groups in total. The van der Waals surface area contributed by atoms with Crippen LogP contribution < -0.4 is 19.3 Å². The first-order chi connectivity index (χ1) is 22.2. The second kappa shape index (κ2) is 13.4. The van der Waals surface area contributed by atoms with Crippen LogP contribution in [0, 0.1) is 13.8 Å². The molecule has 240 valence electrons. The van der Waals surface area contributed by atoms with E-state index in [1.807, 2.05) is 52.1 Å². The van der Waals surface area contributed by atoms with Crippen molar-refractivity contribution in [3.05, 3.63) is 94.6 Å². The number of pyridine rings is 1. The van der Waals surface area contributed by atoms with Gasteiger partial charge in [0.25, 0.3) is 0 Å². The number of anilines is 3. The van der Waals surface area contributed by atoms with Gasteiger partial charge in [-0.3, -0.25) is 9.80 Å². The van der Waals surface area contributed by atoms with E-state index in [0.29, 0.717) is 36.2 Å². The molecule has 4 heterocycles. The fourth-order valence-corrected chi connectivity index (χ4v) is 6.15. The Bertz CT molecular complexity index is 1680. The summed E-state index contributed by atoms with van der Waals surface area (Å²) >= 11 is 0. The Kier molecular flexibility index (Phi) is 9.19. The van der Waals surface area contributed by atoms with Crippen LogP contribution >= 0.6 is 0 Å². The summed E-state index contributed by atoms with van der Waals surface area (Å²) < 4.78 is 11.7. The van der Waals surface area contributed by atoms with Gasteiger partial charge in [0, 0.05) is 56.5 Å². The number of carbonyl (C=O) groups is 1. The van der Waals surface area contributed by atoms with Gasteiger partial charge in [-0.1, -0.05) is 30.3 Å². The number of nitrogens with zero attached hydrogens (tertiary/aromatic N) is 7. The number of amides is 2. The molecule has 2 aromatic carbocycles. The van der Waals surface area contributed by atoms with E-state index in [2.05, 4.69) is 40.0 Å². The molecule has 0 aliphatic carbocycles. The summed E-state index contributed by atoms with van der Waals surface area (Å²) in [5.74, 6) is 3.05. The number of hydrogen-bond acceptors (Lipinski definition) is 8. The van der Waals surface area contributed by atoms with Crippen LogP contribution in [0.15, 0.2) is 60.9 Å². The normalized spacial score (nSPS) is 15.8. The molecule has 2 aliphatic rings. The van der Waals surface area contributed by atoms with Gasteiger partial charge in [-0.2, -0.15) is 0 Å². The molecule has 0 radical (unpaired) electrons. The highest BCUT2D eigenvalue weighted by molar-refractivity contribution is 6.10. The lowest BCUT2D eigenvalue weighted by atomic mass is 10.0. The molecule has 0 bridgehead atoms. The first-order valence-corrected chi connectivity index (χ1v) is 15.9. The molecule has 1 saturated heterocycles. The van der Waals surface area contributed by atoms with Crippen molar-refractivity contribution in [2.75, 3.05) is 50.1 Å². The van der Waals surface area contributed by atoms with Gasteiger partial charge in [-0.15, -0.1) is 0 Å². The molecule has 2 amide bonds. The Morgan fingerprint density at radius 1 is 0.935 bits per heavy atom. The molecule has 4 aromatic rings. The molecule has 1 fully saturated rings. The largest absolute Gasteiger partial charge is 0.495 e. The van der Waals surface area contributed by atoms with Gasteiger partial charge in [0.05, 0.1) is 31.6 Å². The Balaban J connectivity index is 1.34. The third kappa shape index (κ3) is 6.68. The van der Waals surface area contributed by atoms with Crippen LogP contribution in [0.1, 0.15) is 47.5 Å². The highest BCUT2D eigenvalue weighted by Crippen LogP contribution is 2.37. The highest BCUT2D eigenvalue weighted by atomic mass is 16.5. The minimum absolute atomic E-state index is 0.0206. The van der Waals surface area contributed by atoms with E-state index in [9.17, 15) is 4.79 Å². The average molecular weight is 622 g/mol. The fraction of sp³-hybridized carbons (Fsp3) is 0.389.